The zero-order valence-electron chi connectivity index (χ0n) is 10.2. The maximum absolute atomic E-state index is 4.09. The first-order valence-corrected chi connectivity index (χ1v) is 6.32. The molecule has 0 radical (unpaired) electrons. The maximum atomic E-state index is 4.09. The van der Waals surface area contributed by atoms with Crippen molar-refractivity contribution in [1.82, 2.24) is 20.1 Å². The van der Waals surface area contributed by atoms with Crippen LogP contribution in [0.3, 0.4) is 0 Å². The number of nitrogens with zero attached hydrogens (tertiary/aromatic N) is 3. The first-order chi connectivity index (χ1) is 8.22. The van der Waals surface area contributed by atoms with Gasteiger partial charge in [0.2, 0.25) is 0 Å². The first kappa shape index (κ1) is 12.1. The summed E-state index contributed by atoms with van der Waals surface area (Å²) in [4.78, 5) is 1.21. The third-order valence-corrected chi connectivity index (χ3v) is 3.83. The van der Waals surface area contributed by atoms with Gasteiger partial charge in [0.15, 0.2) is 5.16 Å². The van der Waals surface area contributed by atoms with Crippen molar-refractivity contribution >= 4 is 11.8 Å². The Morgan fingerprint density at radius 1 is 1.35 bits per heavy atom. The SMILES string of the molecule is CNC(C)c1ccccc1Sc1nncn1C. The molecule has 2 aromatic rings. The van der Waals surface area contributed by atoms with Crippen molar-refractivity contribution in [2.75, 3.05) is 7.05 Å². The zero-order chi connectivity index (χ0) is 12.3. The Morgan fingerprint density at radius 3 is 2.76 bits per heavy atom. The number of aromatic nitrogens is 3. The first-order valence-electron chi connectivity index (χ1n) is 5.50. The highest BCUT2D eigenvalue weighted by Gasteiger charge is 2.11. The average molecular weight is 248 g/mol. The summed E-state index contributed by atoms with van der Waals surface area (Å²) in [6.07, 6.45) is 1.71. The highest BCUT2D eigenvalue weighted by molar-refractivity contribution is 7.99. The Balaban J connectivity index is 2.30. The second kappa shape index (κ2) is 5.33. The second-order valence-electron chi connectivity index (χ2n) is 3.87. The molecule has 17 heavy (non-hydrogen) atoms. The van der Waals surface area contributed by atoms with Gasteiger partial charge in [-0.3, -0.25) is 0 Å². The van der Waals surface area contributed by atoms with E-state index in [-0.39, 0.29) is 0 Å². The van der Waals surface area contributed by atoms with Crippen LogP contribution in [0.15, 0.2) is 40.6 Å². The molecule has 1 N–H and O–H groups in total. The van der Waals surface area contributed by atoms with Crippen LogP contribution in [0.1, 0.15) is 18.5 Å². The summed E-state index contributed by atoms with van der Waals surface area (Å²) in [5.74, 6) is 0. The lowest BCUT2D eigenvalue weighted by atomic mass is 10.1. The van der Waals surface area contributed by atoms with Gasteiger partial charge in [-0.1, -0.05) is 18.2 Å². The average Bonchev–Trinajstić information content (AvgIpc) is 2.75. The van der Waals surface area contributed by atoms with Crippen LogP contribution in [0, 0.1) is 0 Å². The summed E-state index contributed by atoms with van der Waals surface area (Å²) in [6, 6.07) is 8.68. The van der Waals surface area contributed by atoms with Crippen molar-refractivity contribution in [2.24, 2.45) is 7.05 Å². The van der Waals surface area contributed by atoms with Gasteiger partial charge in [0.05, 0.1) is 0 Å². The molecule has 1 atom stereocenters. The van der Waals surface area contributed by atoms with Crippen molar-refractivity contribution < 1.29 is 0 Å². The van der Waals surface area contributed by atoms with Crippen molar-refractivity contribution in [3.8, 4) is 0 Å². The summed E-state index contributed by atoms with van der Waals surface area (Å²) in [5, 5.41) is 12.1. The minimum absolute atomic E-state index is 0.326. The summed E-state index contributed by atoms with van der Waals surface area (Å²) in [7, 11) is 3.92. The smallest absolute Gasteiger partial charge is 0.195 e. The number of nitrogens with one attached hydrogen (secondary N) is 1. The van der Waals surface area contributed by atoms with Crippen LogP contribution >= 0.6 is 11.8 Å². The van der Waals surface area contributed by atoms with Gasteiger partial charge in [-0.2, -0.15) is 0 Å². The van der Waals surface area contributed by atoms with E-state index in [0.29, 0.717) is 6.04 Å². The Morgan fingerprint density at radius 2 is 2.12 bits per heavy atom. The summed E-state index contributed by atoms with van der Waals surface area (Å²) < 4.78 is 1.92. The lowest BCUT2D eigenvalue weighted by Gasteiger charge is -2.14. The molecule has 0 aliphatic carbocycles. The van der Waals surface area contributed by atoms with E-state index in [1.165, 1.54) is 10.5 Å². The zero-order valence-corrected chi connectivity index (χ0v) is 11.0. The summed E-state index contributed by atoms with van der Waals surface area (Å²) >= 11 is 1.64. The third kappa shape index (κ3) is 2.68. The van der Waals surface area contributed by atoms with Gasteiger partial charge in [-0.15, -0.1) is 10.2 Å². The molecule has 0 spiro atoms. The number of rotatable bonds is 4. The molecule has 1 heterocycles. The maximum Gasteiger partial charge on any atom is 0.195 e. The van der Waals surface area contributed by atoms with Crippen LogP contribution in [0.2, 0.25) is 0 Å². The fraction of sp³-hybridized carbons (Fsp3) is 0.333. The van der Waals surface area contributed by atoms with E-state index in [4.69, 9.17) is 0 Å². The molecule has 0 saturated carbocycles. The molecule has 0 aliphatic rings. The number of hydrogen-bond donors (Lipinski definition) is 1. The molecule has 0 amide bonds. The van der Waals surface area contributed by atoms with Crippen LogP contribution in [0.4, 0.5) is 0 Å². The van der Waals surface area contributed by atoms with E-state index in [1.807, 2.05) is 24.7 Å². The quantitative estimate of drug-likeness (QED) is 0.901. The summed E-state index contributed by atoms with van der Waals surface area (Å²) in [6.45, 7) is 2.15. The largest absolute Gasteiger partial charge is 0.313 e. The van der Waals surface area contributed by atoms with E-state index < -0.39 is 0 Å². The molecular weight excluding hydrogens is 232 g/mol. The van der Waals surface area contributed by atoms with Gasteiger partial charge in [0, 0.05) is 18.0 Å². The molecule has 2 rings (SSSR count). The standard InChI is InChI=1S/C12H16N4S/c1-9(13-2)10-6-4-5-7-11(10)17-12-15-14-8-16(12)3/h4-9,13H,1-3H3. The Bertz CT molecular complexity index is 495. The molecule has 0 saturated heterocycles. The fourth-order valence-electron chi connectivity index (χ4n) is 1.55. The fourth-order valence-corrected chi connectivity index (χ4v) is 2.54. The van der Waals surface area contributed by atoms with Gasteiger partial charge >= 0.3 is 0 Å². The topological polar surface area (TPSA) is 42.7 Å². The number of benzene rings is 1. The van der Waals surface area contributed by atoms with Crippen molar-refractivity contribution in [3.05, 3.63) is 36.2 Å². The van der Waals surface area contributed by atoms with Crippen LogP contribution in [0.5, 0.6) is 0 Å². The Labute approximate surface area is 105 Å². The predicted molar refractivity (Wildman–Crippen MR) is 69.0 cm³/mol. The van der Waals surface area contributed by atoms with Crippen molar-refractivity contribution in [2.45, 2.75) is 23.0 Å². The molecule has 90 valence electrons. The number of hydrogen-bond acceptors (Lipinski definition) is 4. The van der Waals surface area contributed by atoms with Crippen LogP contribution in [0.25, 0.3) is 0 Å². The number of aryl methyl sites for hydroxylation is 1. The van der Waals surface area contributed by atoms with E-state index in [9.17, 15) is 0 Å². The monoisotopic (exact) mass is 248 g/mol. The highest BCUT2D eigenvalue weighted by atomic mass is 32.2. The predicted octanol–water partition coefficient (Wildman–Crippen LogP) is 2.25. The van der Waals surface area contributed by atoms with Gasteiger partial charge in [-0.05, 0) is 37.4 Å². The normalized spacial score (nSPS) is 12.6. The van der Waals surface area contributed by atoms with Gasteiger partial charge in [0.1, 0.15) is 6.33 Å². The third-order valence-electron chi connectivity index (χ3n) is 2.69. The van der Waals surface area contributed by atoms with E-state index in [2.05, 4.69) is 40.6 Å². The van der Waals surface area contributed by atoms with E-state index in [0.717, 1.165) is 5.16 Å². The van der Waals surface area contributed by atoms with Gasteiger partial charge < -0.3 is 9.88 Å². The van der Waals surface area contributed by atoms with Crippen LogP contribution in [-0.2, 0) is 7.05 Å². The Kier molecular flexibility index (Phi) is 3.81. The molecule has 1 aromatic heterocycles. The molecule has 1 aromatic carbocycles. The minimum atomic E-state index is 0.326. The molecule has 1 unspecified atom stereocenters. The molecule has 0 fully saturated rings. The van der Waals surface area contributed by atoms with Gasteiger partial charge in [0.25, 0.3) is 0 Å². The van der Waals surface area contributed by atoms with Crippen molar-refractivity contribution in [1.29, 1.82) is 0 Å². The summed E-state index contributed by atoms with van der Waals surface area (Å²) in [5.41, 5.74) is 1.28. The second-order valence-corrected chi connectivity index (χ2v) is 4.88. The van der Waals surface area contributed by atoms with E-state index >= 15 is 0 Å². The molecular formula is C12H16N4S. The molecule has 5 heteroatoms. The van der Waals surface area contributed by atoms with Gasteiger partial charge in [-0.25, -0.2) is 0 Å². The molecule has 0 bridgehead atoms. The highest BCUT2D eigenvalue weighted by Crippen LogP contribution is 2.31. The van der Waals surface area contributed by atoms with Crippen LogP contribution in [-0.4, -0.2) is 21.8 Å². The lowest BCUT2D eigenvalue weighted by Crippen LogP contribution is -2.13. The lowest BCUT2D eigenvalue weighted by molar-refractivity contribution is 0.641. The molecule has 0 aliphatic heterocycles. The molecule has 4 nitrogen and oxygen atoms in total. The van der Waals surface area contributed by atoms with E-state index in [1.54, 1.807) is 18.1 Å². The minimum Gasteiger partial charge on any atom is -0.313 e. The van der Waals surface area contributed by atoms with Crippen LogP contribution < -0.4 is 5.32 Å². The van der Waals surface area contributed by atoms with Crippen molar-refractivity contribution in [3.63, 3.8) is 0 Å². The Hall–Kier alpha value is -1.33.